The molecule has 7 atom stereocenters. The summed E-state index contributed by atoms with van der Waals surface area (Å²) in [6, 6.07) is 0. The molecule has 1 heteroatoms. The fourth-order valence-electron chi connectivity index (χ4n) is 5.16. The number of hydrogen-bond donors (Lipinski definition) is 0. The van der Waals surface area contributed by atoms with Gasteiger partial charge in [-0.15, -0.1) is 0 Å². The van der Waals surface area contributed by atoms with Crippen molar-refractivity contribution in [2.45, 2.75) is 51.2 Å². The zero-order valence-electron chi connectivity index (χ0n) is 8.99. The van der Waals surface area contributed by atoms with Gasteiger partial charge in [-0.2, -0.15) is 0 Å². The Bertz CT molecular complexity index is 262. The molecule has 14 heavy (non-hydrogen) atoms. The highest BCUT2D eigenvalue weighted by Gasteiger charge is 2.58. The summed E-state index contributed by atoms with van der Waals surface area (Å²) >= 11 is 0. The molecule has 78 valence electrons. The molecule has 0 aromatic carbocycles. The van der Waals surface area contributed by atoms with Gasteiger partial charge in [0.25, 0.3) is 0 Å². The molecule has 1 heterocycles. The Morgan fingerprint density at radius 2 is 1.64 bits per heavy atom. The van der Waals surface area contributed by atoms with Crippen molar-refractivity contribution < 1.29 is 4.74 Å². The summed E-state index contributed by atoms with van der Waals surface area (Å²) in [7, 11) is 0. The third-order valence-electron chi connectivity index (χ3n) is 5.67. The van der Waals surface area contributed by atoms with E-state index in [2.05, 4.69) is 6.92 Å². The van der Waals surface area contributed by atoms with Crippen LogP contribution in [0.5, 0.6) is 0 Å². The average Bonchev–Trinajstić information content (AvgIpc) is 2.65. The van der Waals surface area contributed by atoms with Crippen LogP contribution in [0.25, 0.3) is 0 Å². The normalized spacial score (nSPS) is 64.5. The van der Waals surface area contributed by atoms with Crippen LogP contribution < -0.4 is 0 Å². The number of hydrogen-bond acceptors (Lipinski definition) is 1. The molecule has 1 aliphatic heterocycles. The number of epoxide rings is 1. The largest absolute Gasteiger partial charge is 0.370 e. The van der Waals surface area contributed by atoms with Gasteiger partial charge in [-0.05, 0) is 68.6 Å². The van der Waals surface area contributed by atoms with Crippen molar-refractivity contribution in [2.75, 3.05) is 0 Å². The van der Waals surface area contributed by atoms with E-state index in [1.54, 1.807) is 19.3 Å². The number of rotatable bonds is 1. The van der Waals surface area contributed by atoms with E-state index in [1.807, 2.05) is 0 Å². The molecule has 0 aromatic rings. The zero-order valence-corrected chi connectivity index (χ0v) is 8.99. The molecule has 3 aliphatic carbocycles. The van der Waals surface area contributed by atoms with Gasteiger partial charge in [0.15, 0.2) is 0 Å². The Hall–Kier alpha value is -0.0400. The summed E-state index contributed by atoms with van der Waals surface area (Å²) in [6.07, 6.45) is 8.96. The van der Waals surface area contributed by atoms with Gasteiger partial charge in [0.1, 0.15) is 0 Å². The lowest BCUT2D eigenvalue weighted by Gasteiger charge is -2.28. The van der Waals surface area contributed by atoms with E-state index >= 15 is 0 Å². The van der Waals surface area contributed by atoms with Crippen LogP contribution in [0.1, 0.15) is 39.0 Å². The molecule has 0 aromatic heterocycles. The van der Waals surface area contributed by atoms with E-state index in [4.69, 9.17) is 4.74 Å². The molecule has 2 bridgehead atoms. The highest BCUT2D eigenvalue weighted by molar-refractivity contribution is 5.06. The first-order valence-electron chi connectivity index (χ1n) is 6.50. The third kappa shape index (κ3) is 0.900. The lowest BCUT2D eigenvalue weighted by atomic mass is 9.76. The van der Waals surface area contributed by atoms with Gasteiger partial charge >= 0.3 is 0 Å². The van der Waals surface area contributed by atoms with E-state index < -0.39 is 0 Å². The maximum absolute atomic E-state index is 5.72. The third-order valence-corrected chi connectivity index (χ3v) is 5.67. The Labute approximate surface area is 86.2 Å². The Morgan fingerprint density at radius 1 is 0.929 bits per heavy atom. The number of ether oxygens (including phenoxy) is 1. The molecular weight excluding hydrogens is 172 g/mol. The quantitative estimate of drug-likeness (QED) is 0.582. The fourth-order valence-corrected chi connectivity index (χ4v) is 5.16. The van der Waals surface area contributed by atoms with Crippen molar-refractivity contribution >= 4 is 0 Å². The summed E-state index contributed by atoms with van der Waals surface area (Å²) in [6.45, 7) is 2.26. The molecule has 0 spiro atoms. The Morgan fingerprint density at radius 3 is 2.43 bits per heavy atom. The monoisotopic (exact) mass is 192 g/mol. The average molecular weight is 192 g/mol. The first kappa shape index (κ1) is 8.15. The fraction of sp³-hybridized carbons (Fsp3) is 1.00. The van der Waals surface area contributed by atoms with Crippen LogP contribution in [0.3, 0.4) is 0 Å². The Balaban J connectivity index is 1.60. The van der Waals surface area contributed by atoms with Crippen LogP contribution >= 0.6 is 0 Å². The smallest absolute Gasteiger partial charge is 0.0869 e. The van der Waals surface area contributed by atoms with Gasteiger partial charge in [-0.3, -0.25) is 0 Å². The Kier molecular flexibility index (Phi) is 1.49. The summed E-state index contributed by atoms with van der Waals surface area (Å²) < 4.78 is 5.72. The van der Waals surface area contributed by atoms with Gasteiger partial charge in [0.05, 0.1) is 12.2 Å². The minimum atomic E-state index is 0.595. The highest BCUT2D eigenvalue weighted by atomic mass is 16.6. The van der Waals surface area contributed by atoms with Crippen LogP contribution in [0, 0.1) is 29.6 Å². The van der Waals surface area contributed by atoms with Gasteiger partial charge in [0.2, 0.25) is 0 Å². The molecule has 1 nitrogen and oxygen atoms in total. The second-order valence-electron chi connectivity index (χ2n) is 6.12. The summed E-state index contributed by atoms with van der Waals surface area (Å²) in [5.41, 5.74) is 0. The van der Waals surface area contributed by atoms with Gasteiger partial charge in [-0.1, -0.05) is 0 Å². The molecule has 4 rings (SSSR count). The maximum Gasteiger partial charge on any atom is 0.0869 e. The van der Waals surface area contributed by atoms with E-state index in [9.17, 15) is 0 Å². The summed E-state index contributed by atoms with van der Waals surface area (Å²) in [5, 5.41) is 0. The topological polar surface area (TPSA) is 12.5 Å². The van der Waals surface area contributed by atoms with Crippen LogP contribution in [0.15, 0.2) is 0 Å². The summed E-state index contributed by atoms with van der Waals surface area (Å²) in [4.78, 5) is 0. The van der Waals surface area contributed by atoms with E-state index in [0.29, 0.717) is 12.2 Å². The molecule has 0 N–H and O–H groups in total. The lowest BCUT2D eigenvalue weighted by molar-refractivity contribution is 0.182. The van der Waals surface area contributed by atoms with E-state index in [0.717, 1.165) is 29.6 Å². The van der Waals surface area contributed by atoms with Crippen LogP contribution in [-0.4, -0.2) is 12.2 Å². The van der Waals surface area contributed by atoms with Crippen molar-refractivity contribution in [1.82, 2.24) is 0 Å². The summed E-state index contributed by atoms with van der Waals surface area (Å²) in [5.74, 6) is 5.40. The molecule has 7 unspecified atom stereocenters. The van der Waals surface area contributed by atoms with Crippen molar-refractivity contribution in [1.29, 1.82) is 0 Å². The first-order chi connectivity index (χ1) is 6.84. The number of fused-ring (bicyclic) bond motifs is 5. The van der Waals surface area contributed by atoms with Gasteiger partial charge in [0, 0.05) is 0 Å². The van der Waals surface area contributed by atoms with E-state index in [1.165, 1.54) is 12.8 Å². The van der Waals surface area contributed by atoms with Crippen molar-refractivity contribution in [3.05, 3.63) is 0 Å². The lowest BCUT2D eigenvalue weighted by Crippen LogP contribution is -2.25. The molecule has 4 fully saturated rings. The van der Waals surface area contributed by atoms with Gasteiger partial charge in [-0.25, -0.2) is 0 Å². The molecule has 3 saturated carbocycles. The molecule has 0 radical (unpaired) electrons. The minimum Gasteiger partial charge on any atom is -0.370 e. The van der Waals surface area contributed by atoms with Crippen molar-refractivity contribution in [2.24, 2.45) is 29.6 Å². The minimum absolute atomic E-state index is 0.595. The second-order valence-corrected chi connectivity index (χ2v) is 6.12. The predicted octanol–water partition coefficient (Wildman–Crippen LogP) is 2.85. The van der Waals surface area contributed by atoms with Gasteiger partial charge < -0.3 is 4.74 Å². The zero-order chi connectivity index (χ0) is 9.28. The molecule has 0 amide bonds. The maximum atomic E-state index is 5.72. The highest BCUT2D eigenvalue weighted by Crippen LogP contribution is 2.62. The molecule has 1 saturated heterocycles. The van der Waals surface area contributed by atoms with Crippen LogP contribution in [0.2, 0.25) is 0 Å². The first-order valence-corrected chi connectivity index (χ1v) is 6.50. The van der Waals surface area contributed by atoms with Crippen molar-refractivity contribution in [3.63, 3.8) is 0 Å². The van der Waals surface area contributed by atoms with E-state index in [-0.39, 0.29) is 0 Å². The molecule has 4 aliphatic rings. The molecular formula is C13H20O. The standard InChI is InChI=1S/C13H20O/c1-7-13(14-7)11-5-4-10-8-2-3-9(6-8)12(10)11/h7-13H,2-6H2,1H3. The van der Waals surface area contributed by atoms with Crippen molar-refractivity contribution in [3.8, 4) is 0 Å². The van der Waals surface area contributed by atoms with Crippen LogP contribution in [0.4, 0.5) is 0 Å². The van der Waals surface area contributed by atoms with Crippen LogP contribution in [-0.2, 0) is 4.74 Å². The second kappa shape index (κ2) is 2.55. The predicted molar refractivity (Wildman–Crippen MR) is 54.9 cm³/mol. The SMILES string of the molecule is CC1OC1C1CCC2C3CCC(C3)C21.